The molecule has 32 heavy (non-hydrogen) atoms. The predicted molar refractivity (Wildman–Crippen MR) is 122 cm³/mol. The molecule has 0 atom stereocenters. The number of benzene rings is 2. The van der Waals surface area contributed by atoms with Gasteiger partial charge in [0.2, 0.25) is 0 Å². The summed E-state index contributed by atoms with van der Waals surface area (Å²) in [5.74, 6) is 1.66. The first-order valence-electron chi connectivity index (χ1n) is 10.8. The fourth-order valence-corrected chi connectivity index (χ4v) is 4.03. The van der Waals surface area contributed by atoms with Gasteiger partial charge in [0.1, 0.15) is 11.5 Å². The van der Waals surface area contributed by atoms with Crippen molar-refractivity contribution in [2.24, 2.45) is 0 Å². The van der Waals surface area contributed by atoms with Crippen molar-refractivity contribution < 1.29 is 18.8 Å². The second-order valence-electron chi connectivity index (χ2n) is 7.99. The molecule has 0 bridgehead atoms. The Morgan fingerprint density at radius 1 is 1.03 bits per heavy atom. The van der Waals surface area contributed by atoms with Gasteiger partial charge in [-0.15, -0.1) is 0 Å². The van der Waals surface area contributed by atoms with E-state index < -0.39 is 0 Å². The summed E-state index contributed by atoms with van der Waals surface area (Å²) >= 11 is 0. The summed E-state index contributed by atoms with van der Waals surface area (Å²) in [5, 5.41) is 4.05. The van der Waals surface area contributed by atoms with Gasteiger partial charge in [0, 0.05) is 38.8 Å². The zero-order valence-electron chi connectivity index (χ0n) is 18.8. The molecule has 1 amide bonds. The first kappa shape index (κ1) is 21.9. The van der Waals surface area contributed by atoms with E-state index in [4.69, 9.17) is 14.0 Å². The van der Waals surface area contributed by atoms with E-state index in [1.165, 1.54) is 11.1 Å². The van der Waals surface area contributed by atoms with E-state index in [1.54, 1.807) is 26.4 Å². The molecule has 0 spiro atoms. The molecule has 168 valence electrons. The monoisotopic (exact) mass is 435 g/mol. The molecule has 7 nitrogen and oxygen atoms in total. The van der Waals surface area contributed by atoms with E-state index in [1.807, 2.05) is 17.0 Å². The van der Waals surface area contributed by atoms with E-state index in [9.17, 15) is 4.79 Å². The Bertz CT molecular complexity index is 1080. The lowest BCUT2D eigenvalue weighted by Gasteiger charge is -2.22. The van der Waals surface area contributed by atoms with Gasteiger partial charge in [-0.2, -0.15) is 0 Å². The summed E-state index contributed by atoms with van der Waals surface area (Å²) in [6, 6.07) is 15.6. The van der Waals surface area contributed by atoms with Crippen molar-refractivity contribution >= 4 is 5.91 Å². The van der Waals surface area contributed by atoms with Gasteiger partial charge < -0.3 is 18.9 Å². The molecule has 1 aliphatic heterocycles. The van der Waals surface area contributed by atoms with Crippen LogP contribution in [0.25, 0.3) is 11.3 Å². The zero-order chi connectivity index (χ0) is 22.5. The number of aryl methyl sites for hydroxylation is 1. The fourth-order valence-electron chi connectivity index (χ4n) is 4.03. The Hall–Kier alpha value is -3.32. The number of carbonyl (C=O) groups excluding carboxylic acids is 1. The summed E-state index contributed by atoms with van der Waals surface area (Å²) in [7, 11) is 3.19. The minimum absolute atomic E-state index is 0.111. The Morgan fingerprint density at radius 3 is 2.66 bits per heavy atom. The number of hydrogen-bond donors (Lipinski definition) is 0. The van der Waals surface area contributed by atoms with Crippen LogP contribution in [0.1, 0.15) is 28.0 Å². The number of nitrogens with zero attached hydrogens (tertiary/aromatic N) is 3. The summed E-state index contributed by atoms with van der Waals surface area (Å²) < 4.78 is 16.2. The molecule has 0 N–H and O–H groups in total. The lowest BCUT2D eigenvalue weighted by atomic mass is 10.1. The quantitative estimate of drug-likeness (QED) is 0.583. The van der Waals surface area contributed by atoms with Crippen LogP contribution in [0.15, 0.2) is 53.1 Å². The minimum Gasteiger partial charge on any atom is -0.497 e. The minimum atomic E-state index is -0.111. The highest BCUT2D eigenvalue weighted by Gasteiger charge is 2.24. The summed E-state index contributed by atoms with van der Waals surface area (Å²) in [5.41, 5.74) is 3.63. The Labute approximate surface area is 188 Å². The van der Waals surface area contributed by atoms with Crippen molar-refractivity contribution in [2.45, 2.75) is 19.9 Å². The normalized spacial score (nSPS) is 14.8. The topological polar surface area (TPSA) is 68.0 Å². The Kier molecular flexibility index (Phi) is 6.75. The van der Waals surface area contributed by atoms with E-state index in [0.717, 1.165) is 26.1 Å². The molecule has 0 aliphatic carbocycles. The standard InChI is InChI=1S/C25H29N3O4/c1-18-7-4-5-8-19(18)17-27-11-6-12-28(14-13-27)25(29)22-16-24(32-26-22)21-15-20(30-2)9-10-23(21)31-3/h4-5,7-10,15-16H,6,11-14,17H2,1-3H3. The molecule has 3 aromatic rings. The average molecular weight is 436 g/mol. The Morgan fingerprint density at radius 2 is 1.88 bits per heavy atom. The van der Waals surface area contributed by atoms with Gasteiger partial charge in [-0.05, 0) is 42.7 Å². The van der Waals surface area contributed by atoms with E-state index >= 15 is 0 Å². The van der Waals surface area contributed by atoms with Crippen LogP contribution in [0.5, 0.6) is 11.5 Å². The molecule has 7 heteroatoms. The van der Waals surface area contributed by atoms with Gasteiger partial charge in [0.05, 0.1) is 19.8 Å². The highest BCUT2D eigenvalue weighted by atomic mass is 16.5. The summed E-state index contributed by atoms with van der Waals surface area (Å²) in [6.07, 6.45) is 0.923. The van der Waals surface area contributed by atoms with Gasteiger partial charge in [0.25, 0.3) is 5.91 Å². The third-order valence-electron chi connectivity index (χ3n) is 5.93. The van der Waals surface area contributed by atoms with Crippen molar-refractivity contribution in [1.29, 1.82) is 0 Å². The van der Waals surface area contributed by atoms with Crippen LogP contribution in [0.2, 0.25) is 0 Å². The third kappa shape index (κ3) is 4.78. The largest absolute Gasteiger partial charge is 0.497 e. The molecule has 1 saturated heterocycles. The molecule has 0 radical (unpaired) electrons. The number of aromatic nitrogens is 1. The highest BCUT2D eigenvalue weighted by Crippen LogP contribution is 2.34. The Balaban J connectivity index is 1.44. The number of ether oxygens (including phenoxy) is 2. The number of hydrogen-bond acceptors (Lipinski definition) is 6. The van der Waals surface area contributed by atoms with Crippen molar-refractivity contribution in [2.75, 3.05) is 40.4 Å². The van der Waals surface area contributed by atoms with Gasteiger partial charge in [-0.3, -0.25) is 9.69 Å². The van der Waals surface area contributed by atoms with Gasteiger partial charge >= 0.3 is 0 Å². The number of amides is 1. The van der Waals surface area contributed by atoms with Crippen LogP contribution in [-0.4, -0.2) is 61.3 Å². The van der Waals surface area contributed by atoms with Crippen LogP contribution in [-0.2, 0) is 6.54 Å². The molecule has 1 aromatic heterocycles. The van der Waals surface area contributed by atoms with Crippen LogP contribution in [0, 0.1) is 6.92 Å². The summed E-state index contributed by atoms with van der Waals surface area (Å²) in [4.78, 5) is 17.4. The van der Waals surface area contributed by atoms with Crippen LogP contribution in [0.4, 0.5) is 0 Å². The van der Waals surface area contributed by atoms with Crippen molar-refractivity contribution in [3.8, 4) is 22.8 Å². The molecular weight excluding hydrogens is 406 g/mol. The lowest BCUT2D eigenvalue weighted by molar-refractivity contribution is 0.0750. The second kappa shape index (κ2) is 9.87. The maximum atomic E-state index is 13.1. The molecule has 0 unspecified atom stereocenters. The number of carbonyl (C=O) groups is 1. The SMILES string of the molecule is COc1ccc(OC)c(-c2cc(C(=O)N3CCCN(Cc4ccccc4C)CC3)no2)c1. The van der Waals surface area contributed by atoms with Crippen molar-refractivity contribution in [1.82, 2.24) is 15.0 Å². The van der Waals surface area contributed by atoms with E-state index in [0.29, 0.717) is 41.6 Å². The maximum absolute atomic E-state index is 13.1. The molecule has 0 saturated carbocycles. The van der Waals surface area contributed by atoms with E-state index in [2.05, 4.69) is 41.2 Å². The van der Waals surface area contributed by atoms with Crippen LogP contribution < -0.4 is 9.47 Å². The summed E-state index contributed by atoms with van der Waals surface area (Å²) in [6.45, 7) is 6.20. The maximum Gasteiger partial charge on any atom is 0.276 e. The smallest absolute Gasteiger partial charge is 0.276 e. The van der Waals surface area contributed by atoms with Crippen molar-refractivity contribution in [3.63, 3.8) is 0 Å². The molecule has 2 aromatic carbocycles. The fraction of sp³-hybridized carbons (Fsp3) is 0.360. The first-order valence-corrected chi connectivity index (χ1v) is 10.8. The third-order valence-corrected chi connectivity index (χ3v) is 5.93. The highest BCUT2D eigenvalue weighted by molar-refractivity contribution is 5.93. The number of rotatable bonds is 6. The van der Waals surface area contributed by atoms with Gasteiger partial charge in [-0.25, -0.2) is 0 Å². The molecule has 2 heterocycles. The average Bonchev–Trinajstić information content (AvgIpc) is 3.20. The number of methoxy groups -OCH3 is 2. The lowest BCUT2D eigenvalue weighted by Crippen LogP contribution is -2.35. The van der Waals surface area contributed by atoms with E-state index in [-0.39, 0.29) is 5.91 Å². The molecular formula is C25H29N3O4. The molecule has 1 fully saturated rings. The molecule has 1 aliphatic rings. The predicted octanol–water partition coefficient (Wildman–Crippen LogP) is 4.02. The van der Waals surface area contributed by atoms with Gasteiger partial charge in [-0.1, -0.05) is 29.4 Å². The van der Waals surface area contributed by atoms with Crippen LogP contribution in [0.3, 0.4) is 0 Å². The first-order chi connectivity index (χ1) is 15.6. The molecule has 4 rings (SSSR count). The van der Waals surface area contributed by atoms with Gasteiger partial charge in [0.15, 0.2) is 11.5 Å². The zero-order valence-corrected chi connectivity index (χ0v) is 18.8. The second-order valence-corrected chi connectivity index (χ2v) is 7.99. The van der Waals surface area contributed by atoms with Crippen molar-refractivity contribution in [3.05, 3.63) is 65.4 Å². The van der Waals surface area contributed by atoms with Crippen LogP contribution >= 0.6 is 0 Å².